The molecule has 1 aromatic carbocycles. The van der Waals surface area contributed by atoms with Gasteiger partial charge in [-0.3, -0.25) is 0 Å². The Kier molecular flexibility index (Phi) is 4.34. The Morgan fingerprint density at radius 1 is 1.20 bits per heavy atom. The Morgan fingerprint density at radius 2 is 1.85 bits per heavy atom. The van der Waals surface area contributed by atoms with Crippen LogP contribution in [0.2, 0.25) is 0 Å². The van der Waals surface area contributed by atoms with E-state index in [0.717, 1.165) is 22.4 Å². The SMILES string of the molecule is Cc1cc(C)c(C#N)c(NCc2ccc(CO)cc2)n1. The molecule has 2 aromatic rings. The zero-order valence-electron chi connectivity index (χ0n) is 11.6. The summed E-state index contributed by atoms with van der Waals surface area (Å²) in [5.74, 6) is 0.622. The molecule has 4 heteroatoms. The lowest BCUT2D eigenvalue weighted by molar-refractivity contribution is 0.282. The molecule has 102 valence electrons. The minimum atomic E-state index is 0.0465. The van der Waals surface area contributed by atoms with Crippen LogP contribution < -0.4 is 5.32 Å². The summed E-state index contributed by atoms with van der Waals surface area (Å²) in [5, 5.41) is 21.4. The van der Waals surface area contributed by atoms with Crippen LogP contribution in [-0.2, 0) is 13.2 Å². The molecule has 0 unspecified atom stereocenters. The van der Waals surface area contributed by atoms with Gasteiger partial charge in [0, 0.05) is 12.2 Å². The van der Waals surface area contributed by atoms with Crippen molar-refractivity contribution in [3.05, 3.63) is 58.3 Å². The number of aliphatic hydroxyl groups excluding tert-OH is 1. The summed E-state index contributed by atoms with van der Waals surface area (Å²) >= 11 is 0. The van der Waals surface area contributed by atoms with Crippen LogP contribution in [0.15, 0.2) is 30.3 Å². The topological polar surface area (TPSA) is 68.9 Å². The van der Waals surface area contributed by atoms with Gasteiger partial charge in [0.25, 0.3) is 0 Å². The third kappa shape index (κ3) is 3.14. The fourth-order valence-electron chi connectivity index (χ4n) is 2.05. The number of pyridine rings is 1. The van der Waals surface area contributed by atoms with Crippen LogP contribution in [-0.4, -0.2) is 10.1 Å². The van der Waals surface area contributed by atoms with Crippen LogP contribution in [0.3, 0.4) is 0 Å². The second-order valence-corrected chi connectivity index (χ2v) is 4.74. The van der Waals surface area contributed by atoms with Crippen molar-refractivity contribution in [2.75, 3.05) is 5.32 Å². The number of nitrogens with one attached hydrogen (secondary N) is 1. The fraction of sp³-hybridized carbons (Fsp3) is 0.250. The molecule has 1 aromatic heterocycles. The maximum absolute atomic E-state index is 9.20. The molecule has 2 N–H and O–H groups in total. The highest BCUT2D eigenvalue weighted by Crippen LogP contribution is 2.18. The molecule has 0 spiro atoms. The zero-order valence-corrected chi connectivity index (χ0v) is 11.6. The number of hydrogen-bond donors (Lipinski definition) is 2. The van der Waals surface area contributed by atoms with Gasteiger partial charge in [-0.15, -0.1) is 0 Å². The average molecular weight is 267 g/mol. The number of aromatic nitrogens is 1. The number of aliphatic hydroxyl groups is 1. The van der Waals surface area contributed by atoms with Crippen molar-refractivity contribution in [2.45, 2.75) is 27.0 Å². The molecule has 20 heavy (non-hydrogen) atoms. The molecule has 0 aliphatic heterocycles. The van der Waals surface area contributed by atoms with E-state index in [4.69, 9.17) is 5.11 Å². The normalized spacial score (nSPS) is 10.1. The van der Waals surface area contributed by atoms with Gasteiger partial charge in [0.1, 0.15) is 11.9 Å². The predicted molar refractivity (Wildman–Crippen MR) is 78.1 cm³/mol. The van der Waals surface area contributed by atoms with E-state index in [9.17, 15) is 5.26 Å². The molecule has 0 saturated heterocycles. The smallest absolute Gasteiger partial charge is 0.144 e. The van der Waals surface area contributed by atoms with Gasteiger partial charge < -0.3 is 10.4 Å². The Hall–Kier alpha value is -2.38. The van der Waals surface area contributed by atoms with E-state index in [2.05, 4.69) is 16.4 Å². The number of benzene rings is 1. The van der Waals surface area contributed by atoms with E-state index >= 15 is 0 Å². The van der Waals surface area contributed by atoms with Gasteiger partial charge in [0.2, 0.25) is 0 Å². The summed E-state index contributed by atoms with van der Waals surface area (Å²) in [6, 6.07) is 11.8. The van der Waals surface area contributed by atoms with Gasteiger partial charge in [-0.2, -0.15) is 5.26 Å². The molecular formula is C16H17N3O. The zero-order chi connectivity index (χ0) is 14.5. The first-order valence-electron chi connectivity index (χ1n) is 6.45. The van der Waals surface area contributed by atoms with Crippen molar-refractivity contribution >= 4 is 5.82 Å². The molecule has 4 nitrogen and oxygen atoms in total. The Bertz CT molecular complexity index is 642. The molecule has 0 aliphatic rings. The van der Waals surface area contributed by atoms with Crippen LogP contribution >= 0.6 is 0 Å². The van der Waals surface area contributed by atoms with Crippen LogP contribution in [0.5, 0.6) is 0 Å². The predicted octanol–water partition coefficient (Wildman–Crippen LogP) is 2.67. The third-order valence-corrected chi connectivity index (χ3v) is 3.12. The molecule has 0 radical (unpaired) electrons. The average Bonchev–Trinajstić information content (AvgIpc) is 2.45. The van der Waals surface area contributed by atoms with Crippen molar-refractivity contribution in [3.63, 3.8) is 0 Å². The van der Waals surface area contributed by atoms with Gasteiger partial charge >= 0.3 is 0 Å². The lowest BCUT2D eigenvalue weighted by Crippen LogP contribution is -2.05. The van der Waals surface area contributed by atoms with Crippen LogP contribution in [0, 0.1) is 25.2 Å². The highest BCUT2D eigenvalue weighted by atomic mass is 16.3. The molecule has 0 saturated carbocycles. The van der Waals surface area contributed by atoms with Gasteiger partial charge in [-0.05, 0) is 36.6 Å². The monoisotopic (exact) mass is 267 g/mol. The third-order valence-electron chi connectivity index (χ3n) is 3.12. The molecule has 2 rings (SSSR count). The van der Waals surface area contributed by atoms with Crippen LogP contribution in [0.4, 0.5) is 5.82 Å². The minimum absolute atomic E-state index is 0.0465. The molecule has 0 atom stereocenters. The first kappa shape index (κ1) is 14.0. The highest BCUT2D eigenvalue weighted by Gasteiger charge is 2.08. The molecule has 1 heterocycles. The number of anilines is 1. The number of nitriles is 1. The summed E-state index contributed by atoms with van der Waals surface area (Å²) in [6.07, 6.45) is 0. The summed E-state index contributed by atoms with van der Waals surface area (Å²) in [7, 11) is 0. The van der Waals surface area contributed by atoms with Gasteiger partial charge in [0.05, 0.1) is 12.2 Å². The quantitative estimate of drug-likeness (QED) is 0.893. The summed E-state index contributed by atoms with van der Waals surface area (Å²) in [4.78, 5) is 4.38. The molecule has 0 fully saturated rings. The maximum atomic E-state index is 9.20. The maximum Gasteiger partial charge on any atom is 0.144 e. The molecular weight excluding hydrogens is 250 g/mol. The van der Waals surface area contributed by atoms with Crippen molar-refractivity contribution in [1.29, 1.82) is 5.26 Å². The second-order valence-electron chi connectivity index (χ2n) is 4.74. The summed E-state index contributed by atoms with van der Waals surface area (Å²) in [6.45, 7) is 4.46. The van der Waals surface area contributed by atoms with Crippen molar-refractivity contribution < 1.29 is 5.11 Å². The largest absolute Gasteiger partial charge is 0.392 e. The van der Waals surface area contributed by atoms with E-state index < -0.39 is 0 Å². The van der Waals surface area contributed by atoms with Gasteiger partial charge in [-0.1, -0.05) is 24.3 Å². The van der Waals surface area contributed by atoms with E-state index in [-0.39, 0.29) is 6.61 Å². The lowest BCUT2D eigenvalue weighted by atomic mass is 10.1. The van der Waals surface area contributed by atoms with E-state index in [1.807, 2.05) is 44.2 Å². The van der Waals surface area contributed by atoms with Crippen LogP contribution in [0.25, 0.3) is 0 Å². The van der Waals surface area contributed by atoms with E-state index in [1.165, 1.54) is 0 Å². The Balaban J connectivity index is 2.16. The minimum Gasteiger partial charge on any atom is -0.392 e. The van der Waals surface area contributed by atoms with Crippen molar-refractivity contribution in [1.82, 2.24) is 4.98 Å². The molecule has 0 bridgehead atoms. The van der Waals surface area contributed by atoms with Crippen molar-refractivity contribution in [2.24, 2.45) is 0 Å². The van der Waals surface area contributed by atoms with Gasteiger partial charge in [-0.25, -0.2) is 4.98 Å². The number of hydrogen-bond acceptors (Lipinski definition) is 4. The highest BCUT2D eigenvalue weighted by molar-refractivity contribution is 5.56. The van der Waals surface area contributed by atoms with Gasteiger partial charge in [0.15, 0.2) is 0 Å². The van der Waals surface area contributed by atoms with Crippen LogP contribution in [0.1, 0.15) is 27.9 Å². The standard InChI is InChI=1S/C16H17N3O/c1-11-7-12(2)19-16(15(11)8-17)18-9-13-3-5-14(10-20)6-4-13/h3-7,20H,9-10H2,1-2H3,(H,18,19). The Morgan fingerprint density at radius 3 is 2.45 bits per heavy atom. The number of nitrogens with zero attached hydrogens (tertiary/aromatic N) is 2. The van der Waals surface area contributed by atoms with E-state index in [0.29, 0.717) is 17.9 Å². The second kappa shape index (κ2) is 6.18. The first-order valence-corrected chi connectivity index (χ1v) is 6.45. The van der Waals surface area contributed by atoms with E-state index in [1.54, 1.807) is 0 Å². The fourth-order valence-corrected chi connectivity index (χ4v) is 2.05. The summed E-state index contributed by atoms with van der Waals surface area (Å²) in [5.41, 5.74) is 4.36. The van der Waals surface area contributed by atoms with Crippen molar-refractivity contribution in [3.8, 4) is 6.07 Å². The molecule has 0 aliphatic carbocycles. The Labute approximate surface area is 118 Å². The first-order chi connectivity index (χ1) is 9.63. The number of rotatable bonds is 4. The summed E-state index contributed by atoms with van der Waals surface area (Å²) < 4.78 is 0. The lowest BCUT2D eigenvalue weighted by Gasteiger charge is -2.10. The molecule has 0 amide bonds. The number of aryl methyl sites for hydroxylation is 2.